The number of furan rings is 1. The number of aromatic amines is 1. The summed E-state index contributed by atoms with van der Waals surface area (Å²) >= 11 is 0. The van der Waals surface area contributed by atoms with E-state index in [4.69, 9.17) is 4.42 Å². The first-order chi connectivity index (χ1) is 14.2. The van der Waals surface area contributed by atoms with Gasteiger partial charge in [0.05, 0.1) is 17.9 Å². The van der Waals surface area contributed by atoms with Crippen LogP contribution in [0.2, 0.25) is 0 Å². The summed E-state index contributed by atoms with van der Waals surface area (Å²) in [4.78, 5) is 17.2. The molecule has 0 bridgehead atoms. The van der Waals surface area contributed by atoms with E-state index in [1.54, 1.807) is 12.3 Å². The van der Waals surface area contributed by atoms with Crippen molar-refractivity contribution in [2.75, 3.05) is 0 Å². The lowest BCUT2D eigenvalue weighted by molar-refractivity contribution is 0.0927. The molecule has 4 heterocycles. The molecule has 1 atom stereocenters. The van der Waals surface area contributed by atoms with E-state index in [0.29, 0.717) is 17.1 Å². The number of rotatable bonds is 4. The monoisotopic (exact) mass is 388 g/mol. The number of hydrogen-bond acceptors (Lipinski definition) is 5. The highest BCUT2D eigenvalue weighted by molar-refractivity contribution is 5.93. The van der Waals surface area contributed by atoms with Gasteiger partial charge in [0, 0.05) is 17.8 Å². The molecule has 4 aromatic rings. The summed E-state index contributed by atoms with van der Waals surface area (Å²) in [5, 5.41) is 14.6. The molecule has 1 aliphatic rings. The fraction of sp³-hybridized carbons (Fsp3) is 0.238. The van der Waals surface area contributed by atoms with Crippen molar-refractivity contribution >= 4 is 5.91 Å². The molecule has 1 aliphatic carbocycles. The lowest BCUT2D eigenvalue weighted by atomic mass is 9.93. The van der Waals surface area contributed by atoms with Crippen LogP contribution in [0.3, 0.4) is 0 Å². The van der Waals surface area contributed by atoms with E-state index in [1.165, 1.54) is 0 Å². The first-order valence-electron chi connectivity index (χ1n) is 9.60. The van der Waals surface area contributed by atoms with Crippen molar-refractivity contribution in [1.82, 2.24) is 30.3 Å². The lowest BCUT2D eigenvalue weighted by Crippen LogP contribution is -2.31. The minimum absolute atomic E-state index is 0.102. The Balaban J connectivity index is 1.37. The number of H-pyrrole nitrogens is 1. The molecule has 1 amide bonds. The summed E-state index contributed by atoms with van der Waals surface area (Å²) in [7, 11) is 0. The summed E-state index contributed by atoms with van der Waals surface area (Å²) < 4.78 is 7.44. The first-order valence-corrected chi connectivity index (χ1v) is 9.60. The van der Waals surface area contributed by atoms with Crippen LogP contribution >= 0.6 is 0 Å². The van der Waals surface area contributed by atoms with Gasteiger partial charge in [-0.2, -0.15) is 10.2 Å². The second-order valence-corrected chi connectivity index (χ2v) is 7.14. The van der Waals surface area contributed by atoms with Gasteiger partial charge in [0.15, 0.2) is 17.3 Å². The number of aryl methyl sites for hydroxylation is 1. The minimum atomic E-state index is -0.223. The molecular formula is C21H20N6O2. The van der Waals surface area contributed by atoms with Crippen LogP contribution in [0.15, 0.2) is 53.2 Å². The highest BCUT2D eigenvalue weighted by Crippen LogP contribution is 2.31. The maximum Gasteiger partial charge on any atom is 0.272 e. The van der Waals surface area contributed by atoms with Crippen LogP contribution in [0, 0.1) is 6.92 Å². The minimum Gasteiger partial charge on any atom is -0.460 e. The Morgan fingerprint density at radius 2 is 2.24 bits per heavy atom. The normalized spacial score (nSPS) is 15.8. The van der Waals surface area contributed by atoms with Crippen LogP contribution in [-0.4, -0.2) is 30.9 Å². The van der Waals surface area contributed by atoms with Crippen LogP contribution in [-0.2, 0) is 6.42 Å². The number of carbonyl (C=O) groups is 1. The van der Waals surface area contributed by atoms with Gasteiger partial charge in [-0.3, -0.25) is 9.89 Å². The van der Waals surface area contributed by atoms with Gasteiger partial charge in [-0.05, 0) is 50.5 Å². The summed E-state index contributed by atoms with van der Waals surface area (Å²) in [5.74, 6) is 2.02. The lowest BCUT2D eigenvalue weighted by Gasteiger charge is -2.23. The van der Waals surface area contributed by atoms with E-state index in [2.05, 4.69) is 25.6 Å². The topological polar surface area (TPSA) is 102 Å². The molecule has 0 saturated carbocycles. The molecule has 0 spiro atoms. The Morgan fingerprint density at radius 3 is 3.03 bits per heavy atom. The molecule has 1 unspecified atom stereocenters. The third-order valence-corrected chi connectivity index (χ3v) is 5.17. The smallest absolute Gasteiger partial charge is 0.272 e. The third-order valence-electron chi connectivity index (χ3n) is 5.17. The Bertz CT molecular complexity index is 1160. The Morgan fingerprint density at radius 1 is 1.31 bits per heavy atom. The van der Waals surface area contributed by atoms with E-state index in [0.717, 1.165) is 42.1 Å². The maximum atomic E-state index is 12.8. The SMILES string of the molecule is Cc1ccc(-c2cc(C(=O)NC3CCCc4c3cnn4-c3ccccn3)n[nH]2)o1. The predicted molar refractivity (Wildman–Crippen MR) is 106 cm³/mol. The van der Waals surface area contributed by atoms with Gasteiger partial charge >= 0.3 is 0 Å². The van der Waals surface area contributed by atoms with Crippen molar-refractivity contribution in [1.29, 1.82) is 0 Å². The molecule has 0 aliphatic heterocycles. The van der Waals surface area contributed by atoms with E-state index in [1.807, 2.05) is 48.1 Å². The first kappa shape index (κ1) is 17.4. The largest absolute Gasteiger partial charge is 0.460 e. The van der Waals surface area contributed by atoms with Crippen molar-refractivity contribution in [2.45, 2.75) is 32.2 Å². The fourth-order valence-corrected chi connectivity index (χ4v) is 3.76. The average Bonchev–Trinajstić information content (AvgIpc) is 3.48. The van der Waals surface area contributed by atoms with Gasteiger partial charge in [-0.1, -0.05) is 6.07 Å². The van der Waals surface area contributed by atoms with Crippen LogP contribution in [0.4, 0.5) is 0 Å². The van der Waals surface area contributed by atoms with Crippen LogP contribution in [0.25, 0.3) is 17.3 Å². The molecule has 0 radical (unpaired) electrons. The predicted octanol–water partition coefficient (Wildman–Crippen LogP) is 3.37. The summed E-state index contributed by atoms with van der Waals surface area (Å²) in [6.07, 6.45) is 6.31. The van der Waals surface area contributed by atoms with Gasteiger partial charge in [0.1, 0.15) is 11.5 Å². The number of nitrogens with one attached hydrogen (secondary N) is 2. The van der Waals surface area contributed by atoms with Crippen LogP contribution in [0.5, 0.6) is 0 Å². The number of pyridine rings is 1. The van der Waals surface area contributed by atoms with E-state index >= 15 is 0 Å². The number of amides is 1. The standard InChI is InChI=1S/C21H20N6O2/c1-13-8-9-19(29-13)16-11-17(26-25-16)21(28)24-15-5-4-6-18-14(15)12-23-27(18)20-7-2-3-10-22-20/h2-3,7-12,15H,4-6H2,1H3,(H,24,28)(H,25,26). The molecule has 146 valence electrons. The van der Waals surface area contributed by atoms with E-state index in [9.17, 15) is 4.79 Å². The molecule has 5 rings (SSSR count). The maximum absolute atomic E-state index is 12.8. The molecule has 2 N–H and O–H groups in total. The number of nitrogens with zero attached hydrogens (tertiary/aromatic N) is 4. The van der Waals surface area contributed by atoms with E-state index in [-0.39, 0.29) is 11.9 Å². The van der Waals surface area contributed by atoms with Gasteiger partial charge < -0.3 is 9.73 Å². The van der Waals surface area contributed by atoms with Crippen molar-refractivity contribution in [3.63, 3.8) is 0 Å². The Kier molecular flexibility index (Phi) is 4.23. The molecule has 0 aromatic carbocycles. The van der Waals surface area contributed by atoms with Gasteiger partial charge in [-0.25, -0.2) is 9.67 Å². The van der Waals surface area contributed by atoms with Gasteiger partial charge in [0.25, 0.3) is 5.91 Å². The molecular weight excluding hydrogens is 368 g/mol. The zero-order valence-corrected chi connectivity index (χ0v) is 15.9. The summed E-state index contributed by atoms with van der Waals surface area (Å²) in [5.41, 5.74) is 3.13. The van der Waals surface area contributed by atoms with Crippen LogP contribution in [0.1, 0.15) is 46.4 Å². The highest BCUT2D eigenvalue weighted by Gasteiger charge is 2.27. The van der Waals surface area contributed by atoms with E-state index < -0.39 is 0 Å². The second-order valence-electron chi connectivity index (χ2n) is 7.14. The molecule has 0 fully saturated rings. The van der Waals surface area contributed by atoms with Crippen molar-refractivity contribution < 1.29 is 9.21 Å². The molecule has 4 aromatic heterocycles. The van der Waals surface area contributed by atoms with Crippen LogP contribution < -0.4 is 5.32 Å². The Labute approximate surface area is 167 Å². The fourth-order valence-electron chi connectivity index (χ4n) is 3.76. The molecule has 8 heteroatoms. The number of hydrogen-bond donors (Lipinski definition) is 2. The molecule has 0 saturated heterocycles. The second kappa shape index (κ2) is 7.05. The van der Waals surface area contributed by atoms with Crippen molar-refractivity contribution in [3.05, 3.63) is 71.5 Å². The van der Waals surface area contributed by atoms with Crippen molar-refractivity contribution in [3.8, 4) is 17.3 Å². The summed E-state index contributed by atoms with van der Waals surface area (Å²) in [6, 6.07) is 11.1. The van der Waals surface area contributed by atoms with Gasteiger partial charge in [-0.15, -0.1) is 0 Å². The highest BCUT2D eigenvalue weighted by atomic mass is 16.3. The number of fused-ring (bicyclic) bond motifs is 1. The third kappa shape index (κ3) is 3.22. The zero-order valence-electron chi connectivity index (χ0n) is 15.9. The average molecular weight is 388 g/mol. The molecule has 29 heavy (non-hydrogen) atoms. The van der Waals surface area contributed by atoms with Crippen molar-refractivity contribution in [2.24, 2.45) is 0 Å². The number of aromatic nitrogens is 5. The number of carbonyl (C=O) groups excluding carboxylic acids is 1. The zero-order chi connectivity index (χ0) is 19.8. The quantitative estimate of drug-likeness (QED) is 0.558. The molecule has 8 nitrogen and oxygen atoms in total. The Hall–Kier alpha value is -3.68. The summed E-state index contributed by atoms with van der Waals surface area (Å²) in [6.45, 7) is 1.87. The van der Waals surface area contributed by atoms with Gasteiger partial charge in [0.2, 0.25) is 0 Å².